The Labute approximate surface area is 141 Å². The highest BCUT2D eigenvalue weighted by atomic mass is 16.2. The number of hydrogen-bond donors (Lipinski definition) is 1. The topological polar surface area (TPSA) is 20.2 Å². The van der Waals surface area contributed by atoms with Crippen molar-refractivity contribution < 1.29 is 5.11 Å². The van der Waals surface area contributed by atoms with Gasteiger partial charge in [-0.25, -0.2) is 0 Å². The fourth-order valence-corrected chi connectivity index (χ4v) is 3.81. The van der Waals surface area contributed by atoms with Gasteiger partial charge in [0.1, 0.15) is 14.6 Å². The minimum Gasteiger partial charge on any atom is -0.396 e. The van der Waals surface area contributed by atoms with E-state index >= 15 is 0 Å². The molecule has 1 aliphatic carbocycles. The number of hydrogen-bond acceptors (Lipinski definition) is 1. The maximum absolute atomic E-state index is 8.93. The molecule has 126 valence electrons. The molecular formula is C19H38B2O. The van der Waals surface area contributed by atoms with Gasteiger partial charge in [0, 0.05) is 6.61 Å². The molecule has 1 N–H and O–H groups in total. The van der Waals surface area contributed by atoms with E-state index in [2.05, 4.69) is 21.4 Å². The fourth-order valence-electron chi connectivity index (χ4n) is 3.81. The third-order valence-electron chi connectivity index (χ3n) is 5.38. The normalized spacial score (nSPS) is 19.5. The number of aliphatic hydroxyl groups excluding tert-OH is 1. The lowest BCUT2D eigenvalue weighted by atomic mass is 9.57. The summed E-state index contributed by atoms with van der Waals surface area (Å²) in [4.78, 5) is 0. The Balaban J connectivity index is 2.05. The van der Waals surface area contributed by atoms with E-state index in [1.807, 2.05) is 0 Å². The van der Waals surface area contributed by atoms with Crippen LogP contribution in [0.25, 0.3) is 0 Å². The first kappa shape index (κ1) is 20.1. The Morgan fingerprint density at radius 3 is 2.05 bits per heavy atom. The van der Waals surface area contributed by atoms with Gasteiger partial charge in [-0.15, -0.1) is 0 Å². The summed E-state index contributed by atoms with van der Waals surface area (Å²) in [6.07, 6.45) is 20.6. The predicted octanol–water partition coefficient (Wildman–Crippen LogP) is 5.91. The quantitative estimate of drug-likeness (QED) is 0.393. The molecule has 1 saturated carbocycles. The lowest BCUT2D eigenvalue weighted by molar-refractivity contribution is 0.282. The van der Waals surface area contributed by atoms with E-state index in [4.69, 9.17) is 5.11 Å². The number of unbranched alkanes of at least 4 members (excludes halogenated alkanes) is 1. The Hall–Kier alpha value is 0.0899. The number of aliphatic hydroxyl groups is 1. The van der Waals surface area contributed by atoms with Crippen molar-refractivity contribution in [2.24, 2.45) is 0 Å². The van der Waals surface area contributed by atoms with Crippen LogP contribution in [-0.2, 0) is 0 Å². The summed E-state index contributed by atoms with van der Waals surface area (Å²) in [5.41, 5.74) is 0. The van der Waals surface area contributed by atoms with Gasteiger partial charge in [0.05, 0.1) is 0 Å². The van der Waals surface area contributed by atoms with Crippen LogP contribution in [0.15, 0.2) is 0 Å². The molecule has 0 heterocycles. The Bertz CT molecular complexity index is 225. The minimum atomic E-state index is 0.347. The molecule has 2 radical (unpaired) electrons. The third-order valence-corrected chi connectivity index (χ3v) is 5.38. The summed E-state index contributed by atoms with van der Waals surface area (Å²) < 4.78 is 0. The summed E-state index contributed by atoms with van der Waals surface area (Å²) in [5, 5.41) is 8.93. The predicted molar refractivity (Wildman–Crippen MR) is 101 cm³/mol. The van der Waals surface area contributed by atoms with E-state index in [0.29, 0.717) is 6.61 Å². The highest BCUT2D eigenvalue weighted by molar-refractivity contribution is 6.37. The molecule has 1 rings (SSSR count). The lowest BCUT2D eigenvalue weighted by Gasteiger charge is -2.18. The van der Waals surface area contributed by atoms with Crippen molar-refractivity contribution in [2.75, 3.05) is 6.61 Å². The van der Waals surface area contributed by atoms with Crippen molar-refractivity contribution in [1.82, 2.24) is 0 Å². The summed E-state index contributed by atoms with van der Waals surface area (Å²) >= 11 is 0. The molecule has 22 heavy (non-hydrogen) atoms. The smallest absolute Gasteiger partial charge is 0.113 e. The second-order valence-corrected chi connectivity index (χ2v) is 7.29. The lowest BCUT2D eigenvalue weighted by Crippen LogP contribution is -2.06. The third kappa shape index (κ3) is 10.8. The second-order valence-electron chi connectivity index (χ2n) is 7.29. The second kappa shape index (κ2) is 14.7. The van der Waals surface area contributed by atoms with Crippen LogP contribution in [0.2, 0.25) is 24.8 Å². The van der Waals surface area contributed by atoms with Gasteiger partial charge in [0.15, 0.2) is 0 Å². The molecule has 0 spiro atoms. The van der Waals surface area contributed by atoms with Gasteiger partial charge in [-0.05, 0) is 6.42 Å². The molecule has 0 saturated heterocycles. The van der Waals surface area contributed by atoms with Gasteiger partial charge >= 0.3 is 0 Å². The van der Waals surface area contributed by atoms with Crippen LogP contribution in [0, 0.1) is 0 Å². The van der Waals surface area contributed by atoms with Gasteiger partial charge in [-0.3, -0.25) is 0 Å². The van der Waals surface area contributed by atoms with Crippen LogP contribution in [-0.4, -0.2) is 26.3 Å². The Kier molecular flexibility index (Phi) is 13.4. The van der Waals surface area contributed by atoms with Gasteiger partial charge < -0.3 is 5.11 Å². The maximum Gasteiger partial charge on any atom is 0.113 e. The number of rotatable bonds is 10. The van der Waals surface area contributed by atoms with Crippen molar-refractivity contribution in [1.29, 1.82) is 0 Å². The molecule has 1 aliphatic rings. The maximum atomic E-state index is 8.93. The minimum absolute atomic E-state index is 0.347. The average molecular weight is 304 g/mol. The van der Waals surface area contributed by atoms with Crippen LogP contribution in [0.3, 0.4) is 0 Å². The molecule has 0 unspecified atom stereocenters. The van der Waals surface area contributed by atoms with E-state index in [9.17, 15) is 0 Å². The first-order valence-corrected chi connectivity index (χ1v) is 10.1. The zero-order valence-electron chi connectivity index (χ0n) is 15.1. The van der Waals surface area contributed by atoms with E-state index in [1.165, 1.54) is 89.8 Å². The van der Waals surface area contributed by atoms with Crippen LogP contribution >= 0.6 is 0 Å². The standard InChI is InChI=1S/C19H38B2O/c1-20-18(15-11-17-22)12-9-10-16-21-19-13-7-5-3-2-4-6-8-14-19/h18-19,22H,2-17H2,1H3/t18-/m0/s1. The monoisotopic (exact) mass is 304 g/mol. The molecule has 1 nitrogen and oxygen atoms in total. The van der Waals surface area contributed by atoms with Crippen LogP contribution in [0.4, 0.5) is 0 Å². The van der Waals surface area contributed by atoms with Crippen molar-refractivity contribution in [3.8, 4) is 0 Å². The van der Waals surface area contributed by atoms with Crippen molar-refractivity contribution in [2.45, 2.75) is 115 Å². The molecule has 0 aromatic carbocycles. The van der Waals surface area contributed by atoms with Crippen LogP contribution < -0.4 is 0 Å². The molecule has 0 bridgehead atoms. The first-order chi connectivity index (χ1) is 10.9. The van der Waals surface area contributed by atoms with E-state index in [-0.39, 0.29) is 0 Å². The SMILES string of the molecule is C[B][C@H](CCCO)CCCC[B]C1CCCCCCCCC1. The first-order valence-electron chi connectivity index (χ1n) is 10.1. The molecule has 0 amide bonds. The molecule has 0 aromatic rings. The van der Waals surface area contributed by atoms with Crippen molar-refractivity contribution in [3.63, 3.8) is 0 Å². The Morgan fingerprint density at radius 2 is 1.45 bits per heavy atom. The summed E-state index contributed by atoms with van der Waals surface area (Å²) in [6, 6.07) is 0. The molecule has 0 aliphatic heterocycles. The molecule has 0 aromatic heterocycles. The van der Waals surface area contributed by atoms with Crippen LogP contribution in [0.1, 0.15) is 89.9 Å². The van der Waals surface area contributed by atoms with Crippen LogP contribution in [0.5, 0.6) is 0 Å². The molecular weight excluding hydrogens is 266 g/mol. The Morgan fingerprint density at radius 1 is 0.864 bits per heavy atom. The zero-order valence-corrected chi connectivity index (χ0v) is 15.1. The van der Waals surface area contributed by atoms with Crippen molar-refractivity contribution in [3.05, 3.63) is 0 Å². The molecule has 1 fully saturated rings. The summed E-state index contributed by atoms with van der Waals surface area (Å²) in [5.74, 6) is 1.63. The van der Waals surface area contributed by atoms with Gasteiger partial charge in [0.25, 0.3) is 0 Å². The zero-order chi connectivity index (χ0) is 15.9. The summed E-state index contributed by atoms with van der Waals surface area (Å²) in [7, 11) is 4.99. The van der Waals surface area contributed by atoms with Crippen molar-refractivity contribution >= 4 is 14.6 Å². The van der Waals surface area contributed by atoms with E-state index in [1.54, 1.807) is 0 Å². The van der Waals surface area contributed by atoms with Gasteiger partial charge in [-0.1, -0.05) is 108 Å². The van der Waals surface area contributed by atoms with Gasteiger partial charge in [0.2, 0.25) is 0 Å². The molecule has 3 heteroatoms. The fraction of sp³-hybridized carbons (Fsp3) is 1.00. The highest BCUT2D eigenvalue weighted by Crippen LogP contribution is 2.27. The summed E-state index contributed by atoms with van der Waals surface area (Å²) in [6.45, 7) is 2.52. The van der Waals surface area contributed by atoms with Gasteiger partial charge in [-0.2, -0.15) is 0 Å². The highest BCUT2D eigenvalue weighted by Gasteiger charge is 2.11. The largest absolute Gasteiger partial charge is 0.396 e. The molecule has 1 atom stereocenters. The van der Waals surface area contributed by atoms with E-state index < -0.39 is 0 Å². The average Bonchev–Trinajstić information content (AvgIpc) is 2.55. The van der Waals surface area contributed by atoms with E-state index in [0.717, 1.165) is 18.1 Å².